The zero-order valence-corrected chi connectivity index (χ0v) is 20.4. The van der Waals surface area contributed by atoms with Crippen molar-refractivity contribution < 1.29 is 4.79 Å². The molecule has 0 radical (unpaired) electrons. The van der Waals surface area contributed by atoms with Crippen LogP contribution in [0, 0.1) is 19.8 Å². The number of amides is 1. The standard InChI is InChI=1S/C28H34N2OS/c1-20(2)30(28(31)24-8-6-5-7-9-24)17-25-16-29(19-27-22(4)14-15-32-27)18-26(25)23-12-10-21(3)11-13-23/h5-15,20,25-26H,16-19H2,1-4H3/t25-,26-/m1/s1. The van der Waals surface area contributed by atoms with Crippen LogP contribution in [0.2, 0.25) is 0 Å². The Bertz CT molecular complexity index is 1030. The van der Waals surface area contributed by atoms with Gasteiger partial charge in [0.25, 0.3) is 5.91 Å². The predicted octanol–water partition coefficient (Wildman–Crippen LogP) is 6.13. The van der Waals surface area contributed by atoms with Crippen LogP contribution < -0.4 is 0 Å². The smallest absolute Gasteiger partial charge is 0.254 e. The molecule has 3 aromatic rings. The zero-order chi connectivity index (χ0) is 22.7. The van der Waals surface area contributed by atoms with Crippen LogP contribution in [-0.2, 0) is 6.54 Å². The number of aryl methyl sites for hydroxylation is 2. The minimum atomic E-state index is 0.135. The first-order chi connectivity index (χ1) is 15.4. The van der Waals surface area contributed by atoms with Gasteiger partial charge in [0, 0.05) is 48.6 Å². The van der Waals surface area contributed by atoms with Gasteiger partial charge in [-0.3, -0.25) is 9.69 Å². The van der Waals surface area contributed by atoms with Gasteiger partial charge in [-0.1, -0.05) is 48.0 Å². The van der Waals surface area contributed by atoms with Crippen molar-refractivity contribution in [3.05, 3.63) is 93.2 Å². The van der Waals surface area contributed by atoms with Crippen LogP contribution in [0.5, 0.6) is 0 Å². The topological polar surface area (TPSA) is 23.6 Å². The number of rotatable bonds is 7. The second-order valence-corrected chi connectivity index (χ2v) is 10.4. The minimum absolute atomic E-state index is 0.135. The van der Waals surface area contributed by atoms with Gasteiger partial charge in [0.05, 0.1) is 0 Å². The molecule has 0 unspecified atom stereocenters. The summed E-state index contributed by atoms with van der Waals surface area (Å²) in [7, 11) is 0. The van der Waals surface area contributed by atoms with Crippen LogP contribution in [-0.4, -0.2) is 41.4 Å². The van der Waals surface area contributed by atoms with Gasteiger partial charge >= 0.3 is 0 Å². The van der Waals surface area contributed by atoms with Crippen LogP contribution in [0.3, 0.4) is 0 Å². The molecule has 1 fully saturated rings. The highest BCUT2D eigenvalue weighted by Gasteiger charge is 2.36. The van der Waals surface area contributed by atoms with E-state index in [1.165, 1.54) is 21.6 Å². The predicted molar refractivity (Wildman–Crippen MR) is 134 cm³/mol. The van der Waals surface area contributed by atoms with Crippen LogP contribution in [0.1, 0.15) is 51.7 Å². The quantitative estimate of drug-likeness (QED) is 0.436. The number of benzene rings is 2. The Morgan fingerprint density at radius 3 is 2.38 bits per heavy atom. The Morgan fingerprint density at radius 2 is 1.75 bits per heavy atom. The summed E-state index contributed by atoms with van der Waals surface area (Å²) in [6.45, 7) is 12.4. The SMILES string of the molecule is Cc1ccc([C@H]2CN(Cc3sccc3C)C[C@@H]2CN(C(=O)c2ccccc2)C(C)C)cc1. The van der Waals surface area contributed by atoms with Crippen LogP contribution in [0.15, 0.2) is 66.0 Å². The third-order valence-electron chi connectivity index (χ3n) is 6.69. The highest BCUT2D eigenvalue weighted by molar-refractivity contribution is 7.10. The zero-order valence-electron chi connectivity index (χ0n) is 19.6. The molecule has 168 valence electrons. The number of carbonyl (C=O) groups is 1. The summed E-state index contributed by atoms with van der Waals surface area (Å²) in [5.41, 5.74) is 4.84. The molecule has 1 amide bonds. The molecule has 1 aromatic heterocycles. The first-order valence-corrected chi connectivity index (χ1v) is 12.5. The summed E-state index contributed by atoms with van der Waals surface area (Å²) < 4.78 is 0. The van der Waals surface area contributed by atoms with E-state index < -0.39 is 0 Å². The van der Waals surface area contributed by atoms with Crippen molar-refractivity contribution in [3.63, 3.8) is 0 Å². The van der Waals surface area contributed by atoms with Crippen molar-refractivity contribution in [2.75, 3.05) is 19.6 Å². The molecule has 2 aromatic carbocycles. The fourth-order valence-electron chi connectivity index (χ4n) is 4.76. The van der Waals surface area contributed by atoms with Crippen molar-refractivity contribution in [2.45, 2.75) is 46.2 Å². The van der Waals surface area contributed by atoms with Crippen molar-refractivity contribution in [1.82, 2.24) is 9.80 Å². The number of nitrogens with zero attached hydrogens (tertiary/aromatic N) is 2. The van der Waals surface area contributed by atoms with Crippen molar-refractivity contribution in [3.8, 4) is 0 Å². The summed E-state index contributed by atoms with van der Waals surface area (Å²) >= 11 is 1.85. The second-order valence-electron chi connectivity index (χ2n) is 9.42. The molecule has 2 heterocycles. The number of likely N-dealkylation sites (tertiary alicyclic amines) is 1. The van der Waals surface area contributed by atoms with Crippen LogP contribution >= 0.6 is 11.3 Å². The first-order valence-electron chi connectivity index (χ1n) is 11.6. The van der Waals surface area contributed by atoms with E-state index in [4.69, 9.17) is 0 Å². The fourth-order valence-corrected chi connectivity index (χ4v) is 5.71. The molecule has 1 aliphatic heterocycles. The second kappa shape index (κ2) is 10.0. The summed E-state index contributed by atoms with van der Waals surface area (Å²) in [5, 5.41) is 2.19. The summed E-state index contributed by atoms with van der Waals surface area (Å²) in [5.74, 6) is 0.976. The molecule has 0 aliphatic carbocycles. The van der Waals surface area contributed by atoms with E-state index in [1.54, 1.807) is 0 Å². The van der Waals surface area contributed by atoms with Gasteiger partial charge in [-0.25, -0.2) is 0 Å². The van der Waals surface area contributed by atoms with Gasteiger partial charge in [-0.05, 0) is 68.3 Å². The summed E-state index contributed by atoms with van der Waals surface area (Å²) in [6, 6.07) is 21.1. The molecule has 3 nitrogen and oxygen atoms in total. The Kier molecular flexibility index (Phi) is 7.12. The van der Waals surface area contributed by atoms with E-state index in [0.29, 0.717) is 11.8 Å². The van der Waals surface area contributed by atoms with Gasteiger partial charge in [-0.2, -0.15) is 0 Å². The maximum absolute atomic E-state index is 13.4. The van der Waals surface area contributed by atoms with E-state index in [-0.39, 0.29) is 11.9 Å². The normalized spacial score (nSPS) is 18.9. The summed E-state index contributed by atoms with van der Waals surface area (Å²) in [4.78, 5) is 19.5. The average Bonchev–Trinajstić information content (AvgIpc) is 3.38. The number of carbonyl (C=O) groups excluding carboxylic acids is 1. The molecule has 1 aliphatic rings. The molecule has 4 heteroatoms. The van der Waals surface area contributed by atoms with E-state index in [1.807, 2.05) is 41.7 Å². The van der Waals surface area contributed by atoms with Gasteiger partial charge in [0.15, 0.2) is 0 Å². The van der Waals surface area contributed by atoms with E-state index in [2.05, 4.69) is 73.2 Å². The average molecular weight is 447 g/mol. The van der Waals surface area contributed by atoms with Crippen molar-refractivity contribution in [2.24, 2.45) is 5.92 Å². The molecule has 2 atom stereocenters. The lowest BCUT2D eigenvalue weighted by atomic mass is 9.88. The maximum Gasteiger partial charge on any atom is 0.254 e. The number of hydrogen-bond donors (Lipinski definition) is 0. The van der Waals surface area contributed by atoms with Gasteiger partial charge in [0.1, 0.15) is 0 Å². The Labute approximate surface area is 196 Å². The lowest BCUT2D eigenvalue weighted by molar-refractivity contribution is 0.0668. The van der Waals surface area contributed by atoms with Crippen molar-refractivity contribution in [1.29, 1.82) is 0 Å². The van der Waals surface area contributed by atoms with Gasteiger partial charge in [0.2, 0.25) is 0 Å². The number of thiophene rings is 1. The lowest BCUT2D eigenvalue weighted by Gasteiger charge is -2.32. The Hall–Kier alpha value is -2.43. The molecule has 0 saturated carbocycles. The van der Waals surface area contributed by atoms with Gasteiger partial charge < -0.3 is 4.90 Å². The van der Waals surface area contributed by atoms with Crippen LogP contribution in [0.4, 0.5) is 0 Å². The molecule has 0 spiro atoms. The Morgan fingerprint density at radius 1 is 1.03 bits per heavy atom. The molecule has 0 bridgehead atoms. The molecule has 32 heavy (non-hydrogen) atoms. The van der Waals surface area contributed by atoms with E-state index in [9.17, 15) is 4.79 Å². The van der Waals surface area contributed by atoms with Crippen molar-refractivity contribution >= 4 is 17.2 Å². The largest absolute Gasteiger partial charge is 0.336 e. The minimum Gasteiger partial charge on any atom is -0.336 e. The van der Waals surface area contributed by atoms with E-state index in [0.717, 1.165) is 31.7 Å². The molecule has 1 saturated heterocycles. The molecule has 0 N–H and O–H groups in total. The third-order valence-corrected chi connectivity index (χ3v) is 7.70. The maximum atomic E-state index is 13.4. The molecular weight excluding hydrogens is 412 g/mol. The Balaban J connectivity index is 1.58. The molecule has 4 rings (SSSR count). The third kappa shape index (κ3) is 5.13. The highest BCUT2D eigenvalue weighted by atomic mass is 32.1. The highest BCUT2D eigenvalue weighted by Crippen LogP contribution is 2.35. The van der Waals surface area contributed by atoms with Gasteiger partial charge in [-0.15, -0.1) is 11.3 Å². The lowest BCUT2D eigenvalue weighted by Crippen LogP contribution is -2.42. The van der Waals surface area contributed by atoms with E-state index >= 15 is 0 Å². The summed E-state index contributed by atoms with van der Waals surface area (Å²) in [6.07, 6.45) is 0. The van der Waals surface area contributed by atoms with Crippen LogP contribution in [0.25, 0.3) is 0 Å². The number of hydrogen-bond acceptors (Lipinski definition) is 3. The monoisotopic (exact) mass is 446 g/mol. The first kappa shape index (κ1) is 22.8. The fraction of sp³-hybridized carbons (Fsp3) is 0.393. The molecular formula is C28H34N2OS.